The molecule has 0 spiro atoms. The van der Waals surface area contributed by atoms with Crippen LogP contribution in [0.4, 0.5) is 5.69 Å². The van der Waals surface area contributed by atoms with E-state index >= 15 is 0 Å². The number of carbonyl (C=O) groups is 4. The van der Waals surface area contributed by atoms with E-state index in [9.17, 15) is 29.4 Å². The summed E-state index contributed by atoms with van der Waals surface area (Å²) in [6, 6.07) is 12.1. The first-order valence-electron chi connectivity index (χ1n) is 10.0. The molecule has 2 amide bonds. The minimum Gasteiger partial charge on any atom is -0.480 e. The van der Waals surface area contributed by atoms with Crippen molar-refractivity contribution in [1.82, 2.24) is 5.32 Å². The molecule has 4 unspecified atom stereocenters. The first kappa shape index (κ1) is 21.7. The summed E-state index contributed by atoms with van der Waals surface area (Å²) in [4.78, 5) is 51.9. The van der Waals surface area contributed by atoms with Crippen molar-refractivity contribution in [3.8, 4) is 0 Å². The normalized spacial score (nSPS) is 26.8. The van der Waals surface area contributed by atoms with Crippen LogP contribution in [0.2, 0.25) is 0 Å². The molecular formula is C23H22N2O7. The van der Waals surface area contributed by atoms with Gasteiger partial charge in [0.1, 0.15) is 0 Å². The molecule has 3 N–H and O–H groups in total. The SMILES string of the molecule is COC(=O)c1ccc(C2NC(CO)(C(=O)O)C3C(=O)N(c4ccccc4C)C(=O)C23)cc1. The molecule has 2 aliphatic rings. The van der Waals surface area contributed by atoms with E-state index in [0.29, 0.717) is 16.8 Å². The highest BCUT2D eigenvalue weighted by Crippen LogP contribution is 2.50. The van der Waals surface area contributed by atoms with Crippen LogP contribution in [-0.4, -0.2) is 53.2 Å². The molecule has 2 heterocycles. The van der Waals surface area contributed by atoms with E-state index in [0.717, 1.165) is 4.90 Å². The second-order valence-electron chi connectivity index (χ2n) is 7.97. The van der Waals surface area contributed by atoms with E-state index in [1.165, 1.54) is 19.2 Å². The monoisotopic (exact) mass is 438 g/mol. The number of para-hydroxylation sites is 1. The zero-order valence-corrected chi connectivity index (χ0v) is 17.4. The third-order valence-corrected chi connectivity index (χ3v) is 6.33. The number of aliphatic hydroxyl groups is 1. The van der Waals surface area contributed by atoms with Crippen molar-refractivity contribution in [2.75, 3.05) is 18.6 Å². The van der Waals surface area contributed by atoms with E-state index in [-0.39, 0.29) is 5.56 Å². The molecule has 4 rings (SSSR count). The number of hydrogen-bond acceptors (Lipinski definition) is 7. The first-order valence-corrected chi connectivity index (χ1v) is 10.0. The van der Waals surface area contributed by atoms with Gasteiger partial charge in [-0.3, -0.25) is 19.7 Å². The molecule has 0 saturated carbocycles. The number of imide groups is 1. The number of aryl methyl sites for hydroxylation is 1. The first-order chi connectivity index (χ1) is 15.3. The van der Waals surface area contributed by atoms with Gasteiger partial charge < -0.3 is 14.9 Å². The molecule has 2 saturated heterocycles. The zero-order valence-electron chi connectivity index (χ0n) is 17.4. The van der Waals surface area contributed by atoms with Crippen molar-refractivity contribution < 1.29 is 34.1 Å². The van der Waals surface area contributed by atoms with Gasteiger partial charge in [0.05, 0.1) is 36.8 Å². The van der Waals surface area contributed by atoms with E-state index < -0.39 is 53.8 Å². The van der Waals surface area contributed by atoms with Crippen molar-refractivity contribution >= 4 is 29.4 Å². The lowest BCUT2D eigenvalue weighted by molar-refractivity contribution is -0.150. The topological polar surface area (TPSA) is 133 Å². The average molecular weight is 438 g/mol. The van der Waals surface area contributed by atoms with Crippen LogP contribution >= 0.6 is 0 Å². The van der Waals surface area contributed by atoms with Gasteiger partial charge in [0, 0.05) is 6.04 Å². The van der Waals surface area contributed by atoms with Crippen LogP contribution in [0.1, 0.15) is 27.5 Å². The lowest BCUT2D eigenvalue weighted by Crippen LogP contribution is -2.58. The summed E-state index contributed by atoms with van der Waals surface area (Å²) in [6.07, 6.45) is 0. The van der Waals surface area contributed by atoms with Gasteiger partial charge in [-0.1, -0.05) is 30.3 Å². The Bertz CT molecular complexity index is 1110. The number of aliphatic hydroxyl groups excluding tert-OH is 1. The van der Waals surface area contributed by atoms with Crippen molar-refractivity contribution in [2.45, 2.75) is 18.5 Å². The summed E-state index contributed by atoms with van der Waals surface area (Å²) in [5.74, 6) is -5.53. The quantitative estimate of drug-likeness (QED) is 0.466. The fourth-order valence-corrected chi connectivity index (χ4v) is 4.70. The summed E-state index contributed by atoms with van der Waals surface area (Å²) < 4.78 is 4.69. The van der Waals surface area contributed by atoms with Crippen molar-refractivity contribution in [1.29, 1.82) is 0 Å². The molecule has 4 atom stereocenters. The number of methoxy groups -OCH3 is 1. The fourth-order valence-electron chi connectivity index (χ4n) is 4.70. The van der Waals surface area contributed by atoms with Gasteiger partial charge in [-0.15, -0.1) is 0 Å². The molecule has 2 aromatic carbocycles. The number of nitrogens with one attached hydrogen (secondary N) is 1. The maximum absolute atomic E-state index is 13.5. The molecule has 9 heteroatoms. The van der Waals surface area contributed by atoms with E-state index in [4.69, 9.17) is 0 Å². The summed E-state index contributed by atoms with van der Waals surface area (Å²) in [5, 5.41) is 22.9. The average Bonchev–Trinajstić information content (AvgIpc) is 3.28. The van der Waals surface area contributed by atoms with E-state index in [1.807, 2.05) is 0 Å². The van der Waals surface area contributed by atoms with Gasteiger partial charge in [0.25, 0.3) is 0 Å². The van der Waals surface area contributed by atoms with Gasteiger partial charge in [-0.2, -0.15) is 0 Å². The van der Waals surface area contributed by atoms with E-state index in [1.54, 1.807) is 43.3 Å². The summed E-state index contributed by atoms with van der Waals surface area (Å²) in [5.41, 5.74) is -0.162. The van der Waals surface area contributed by atoms with Crippen LogP contribution < -0.4 is 10.2 Å². The third-order valence-electron chi connectivity index (χ3n) is 6.33. The lowest BCUT2D eigenvalue weighted by atomic mass is 9.79. The summed E-state index contributed by atoms with van der Waals surface area (Å²) >= 11 is 0. The molecule has 166 valence electrons. The Kier molecular flexibility index (Phi) is 5.31. The number of aliphatic carboxylic acids is 1. The second kappa shape index (κ2) is 7.85. The largest absolute Gasteiger partial charge is 0.480 e. The molecular weight excluding hydrogens is 416 g/mol. The van der Waals surface area contributed by atoms with Crippen LogP contribution in [0.15, 0.2) is 48.5 Å². The fraction of sp³-hybridized carbons (Fsp3) is 0.304. The zero-order chi connectivity index (χ0) is 23.2. The number of ether oxygens (including phenoxy) is 1. The Morgan fingerprint density at radius 3 is 2.31 bits per heavy atom. The standard InChI is InChI=1S/C23H22N2O7/c1-12-5-3-4-6-15(12)25-19(27)16-17(20(25)28)23(11-26,22(30)31)24-18(16)13-7-9-14(10-8-13)21(29)32-2/h3-10,16-18,24,26H,11H2,1-2H3,(H,30,31). The number of hydrogen-bond donors (Lipinski definition) is 3. The highest BCUT2D eigenvalue weighted by atomic mass is 16.5. The van der Waals surface area contributed by atoms with Gasteiger partial charge in [0.15, 0.2) is 5.54 Å². The summed E-state index contributed by atoms with van der Waals surface area (Å²) in [6.45, 7) is 0.878. The highest BCUT2D eigenvalue weighted by Gasteiger charge is 2.68. The van der Waals surface area contributed by atoms with E-state index in [2.05, 4.69) is 10.1 Å². The lowest BCUT2D eigenvalue weighted by Gasteiger charge is -2.29. The number of esters is 1. The number of carbonyl (C=O) groups excluding carboxylic acids is 3. The Morgan fingerprint density at radius 2 is 1.75 bits per heavy atom. The number of anilines is 1. The predicted octanol–water partition coefficient (Wildman–Crippen LogP) is 1.05. The Labute approximate surface area is 183 Å². The molecule has 2 aromatic rings. The molecule has 0 bridgehead atoms. The van der Waals surface area contributed by atoms with Gasteiger partial charge in [0.2, 0.25) is 11.8 Å². The maximum atomic E-state index is 13.5. The third kappa shape index (κ3) is 3.01. The van der Waals surface area contributed by atoms with Crippen LogP contribution in [0.25, 0.3) is 0 Å². The number of fused-ring (bicyclic) bond motifs is 1. The second-order valence-corrected chi connectivity index (χ2v) is 7.97. The van der Waals surface area contributed by atoms with Crippen LogP contribution in [0, 0.1) is 18.8 Å². The number of rotatable bonds is 5. The smallest absolute Gasteiger partial charge is 0.337 e. The highest BCUT2D eigenvalue weighted by molar-refractivity contribution is 6.24. The number of carboxylic acid groups (broad SMARTS) is 1. The van der Waals surface area contributed by atoms with Gasteiger partial charge in [-0.25, -0.2) is 9.69 Å². The molecule has 9 nitrogen and oxygen atoms in total. The predicted molar refractivity (Wildman–Crippen MR) is 112 cm³/mol. The Balaban J connectivity index is 1.82. The Hall–Kier alpha value is -3.56. The van der Waals surface area contributed by atoms with Gasteiger partial charge >= 0.3 is 11.9 Å². The number of amides is 2. The van der Waals surface area contributed by atoms with Crippen LogP contribution in [0.3, 0.4) is 0 Å². The number of carboxylic acids is 1. The minimum atomic E-state index is -2.03. The maximum Gasteiger partial charge on any atom is 0.337 e. The molecule has 0 aliphatic carbocycles. The van der Waals surface area contributed by atoms with Gasteiger partial charge in [-0.05, 0) is 36.2 Å². The van der Waals surface area contributed by atoms with Crippen LogP contribution in [0.5, 0.6) is 0 Å². The molecule has 0 radical (unpaired) electrons. The number of nitrogens with zero attached hydrogens (tertiary/aromatic N) is 1. The molecule has 2 aliphatic heterocycles. The molecule has 32 heavy (non-hydrogen) atoms. The van der Waals surface area contributed by atoms with Crippen LogP contribution in [-0.2, 0) is 19.1 Å². The Morgan fingerprint density at radius 1 is 1.09 bits per heavy atom. The van der Waals surface area contributed by atoms with Crippen molar-refractivity contribution in [3.63, 3.8) is 0 Å². The molecule has 0 aromatic heterocycles. The summed E-state index contributed by atoms with van der Waals surface area (Å²) in [7, 11) is 1.25. The minimum absolute atomic E-state index is 0.285. The number of benzene rings is 2. The van der Waals surface area contributed by atoms with Crippen molar-refractivity contribution in [3.05, 3.63) is 65.2 Å². The molecule has 2 fully saturated rings. The van der Waals surface area contributed by atoms with Crippen molar-refractivity contribution in [2.24, 2.45) is 11.8 Å².